The minimum Gasteiger partial charge on any atom is -0.492 e. The summed E-state index contributed by atoms with van der Waals surface area (Å²) >= 11 is 0. The number of carbonyl (C=O) groups is 1. The van der Waals surface area contributed by atoms with Crippen molar-refractivity contribution in [3.05, 3.63) is 17.7 Å². The third-order valence-electron chi connectivity index (χ3n) is 5.64. The molecule has 0 bridgehead atoms. The van der Waals surface area contributed by atoms with Gasteiger partial charge in [-0.3, -0.25) is 4.79 Å². The molecule has 1 saturated carbocycles. The zero-order valence-corrected chi connectivity index (χ0v) is 18.3. The number of carbonyl (C=O) groups excluding carboxylic acids is 1. The number of hydrogen-bond acceptors (Lipinski definition) is 4. The molecule has 1 N–H and O–H groups in total. The van der Waals surface area contributed by atoms with Crippen LogP contribution in [0.2, 0.25) is 0 Å². The van der Waals surface area contributed by atoms with E-state index in [1.165, 1.54) is 12.8 Å². The van der Waals surface area contributed by atoms with Crippen LogP contribution in [0.1, 0.15) is 70.3 Å². The number of rotatable bonds is 10. The van der Waals surface area contributed by atoms with Crippen molar-refractivity contribution in [1.29, 1.82) is 0 Å². The summed E-state index contributed by atoms with van der Waals surface area (Å²) in [4.78, 5) is 14.3. The predicted molar refractivity (Wildman–Crippen MR) is 116 cm³/mol. The molecule has 1 fully saturated rings. The third kappa shape index (κ3) is 6.40. The van der Waals surface area contributed by atoms with Gasteiger partial charge in [-0.25, -0.2) is 0 Å². The van der Waals surface area contributed by atoms with Gasteiger partial charge in [0.1, 0.15) is 0 Å². The van der Waals surface area contributed by atoms with Crippen LogP contribution >= 0.6 is 0 Å². The van der Waals surface area contributed by atoms with Crippen LogP contribution in [0.5, 0.6) is 11.5 Å². The molecule has 0 heterocycles. The second-order valence-electron chi connectivity index (χ2n) is 8.28. The van der Waals surface area contributed by atoms with E-state index in [1.807, 2.05) is 19.1 Å². The predicted octanol–water partition coefficient (Wildman–Crippen LogP) is 5.06. The smallest absolute Gasteiger partial charge is 0.224 e. The Bertz CT molecular complexity index is 623. The molecule has 5 heteroatoms. The first-order chi connectivity index (χ1) is 13.5. The van der Waals surface area contributed by atoms with Crippen molar-refractivity contribution in [3.8, 4) is 11.5 Å². The van der Waals surface area contributed by atoms with Crippen LogP contribution in [0, 0.1) is 5.92 Å². The first kappa shape index (κ1) is 22.5. The monoisotopic (exact) mass is 390 g/mol. The minimum atomic E-state index is 0.0323. The quantitative estimate of drug-likeness (QED) is 0.568. The number of methoxy groups -OCH3 is 1. The molecule has 0 saturated heterocycles. The van der Waals surface area contributed by atoms with Crippen molar-refractivity contribution in [2.24, 2.45) is 5.92 Å². The largest absolute Gasteiger partial charge is 0.492 e. The van der Waals surface area contributed by atoms with Gasteiger partial charge >= 0.3 is 0 Å². The molecule has 1 amide bonds. The summed E-state index contributed by atoms with van der Waals surface area (Å²) in [6.45, 7) is 5.93. The van der Waals surface area contributed by atoms with Gasteiger partial charge in [-0.15, -0.1) is 0 Å². The Morgan fingerprint density at radius 3 is 2.50 bits per heavy atom. The number of nitrogens with zero attached hydrogens (tertiary/aromatic N) is 1. The zero-order chi connectivity index (χ0) is 20.5. The van der Waals surface area contributed by atoms with Crippen molar-refractivity contribution in [2.75, 3.05) is 39.7 Å². The van der Waals surface area contributed by atoms with Gasteiger partial charge < -0.3 is 19.7 Å². The van der Waals surface area contributed by atoms with Crippen molar-refractivity contribution >= 4 is 11.6 Å². The van der Waals surface area contributed by atoms with E-state index in [2.05, 4.69) is 31.2 Å². The van der Waals surface area contributed by atoms with Crippen molar-refractivity contribution in [2.45, 2.75) is 64.7 Å². The van der Waals surface area contributed by atoms with Gasteiger partial charge in [-0.1, -0.05) is 26.7 Å². The Labute approximate surface area is 170 Å². The van der Waals surface area contributed by atoms with Gasteiger partial charge in [0.2, 0.25) is 5.91 Å². The molecular formula is C23H38N2O3. The molecular weight excluding hydrogens is 352 g/mol. The topological polar surface area (TPSA) is 50.8 Å². The van der Waals surface area contributed by atoms with Gasteiger partial charge in [0.05, 0.1) is 13.7 Å². The number of nitrogens with one attached hydrogen (secondary N) is 1. The fourth-order valence-electron chi connectivity index (χ4n) is 3.92. The van der Waals surface area contributed by atoms with Crippen LogP contribution in [0.3, 0.4) is 0 Å². The summed E-state index contributed by atoms with van der Waals surface area (Å²) in [5, 5.41) is 3.08. The molecule has 158 valence electrons. The maximum absolute atomic E-state index is 12.1. The normalized spacial score (nSPS) is 19.5. The number of anilines is 1. The molecule has 2 rings (SSSR count). The average molecular weight is 391 g/mol. The molecule has 0 atom stereocenters. The first-order valence-corrected chi connectivity index (χ1v) is 10.7. The molecule has 5 nitrogen and oxygen atoms in total. The van der Waals surface area contributed by atoms with Gasteiger partial charge in [-0.05, 0) is 70.3 Å². The SMILES string of the molecule is CCC(=O)Nc1ccc(OCCCCN(C)C)c(OC)c1C1CCC(C)CC1. The summed E-state index contributed by atoms with van der Waals surface area (Å²) in [5.41, 5.74) is 1.99. The fourth-order valence-corrected chi connectivity index (χ4v) is 3.92. The molecule has 0 unspecified atom stereocenters. The summed E-state index contributed by atoms with van der Waals surface area (Å²) < 4.78 is 11.9. The summed E-state index contributed by atoms with van der Waals surface area (Å²) in [6, 6.07) is 3.92. The maximum atomic E-state index is 12.1. The lowest BCUT2D eigenvalue weighted by Gasteiger charge is -2.30. The Kier molecular flexibility index (Phi) is 9.10. The highest BCUT2D eigenvalue weighted by atomic mass is 16.5. The molecule has 1 aliphatic rings. The van der Waals surface area contributed by atoms with Gasteiger partial charge in [0, 0.05) is 17.7 Å². The van der Waals surface area contributed by atoms with Gasteiger partial charge in [0.15, 0.2) is 11.5 Å². The lowest BCUT2D eigenvalue weighted by atomic mass is 9.78. The molecule has 1 aromatic rings. The van der Waals surface area contributed by atoms with Crippen molar-refractivity contribution in [1.82, 2.24) is 4.90 Å². The first-order valence-electron chi connectivity index (χ1n) is 10.7. The second-order valence-corrected chi connectivity index (χ2v) is 8.28. The molecule has 0 aliphatic heterocycles. The Hall–Kier alpha value is -1.75. The Morgan fingerprint density at radius 1 is 1.18 bits per heavy atom. The molecule has 0 spiro atoms. The highest BCUT2D eigenvalue weighted by molar-refractivity contribution is 5.92. The van der Waals surface area contributed by atoms with Gasteiger partial charge in [-0.2, -0.15) is 0 Å². The average Bonchev–Trinajstić information content (AvgIpc) is 2.68. The number of ether oxygens (including phenoxy) is 2. The molecule has 28 heavy (non-hydrogen) atoms. The minimum absolute atomic E-state index is 0.0323. The van der Waals surface area contributed by atoms with E-state index in [0.717, 1.165) is 60.9 Å². The van der Waals surface area contributed by atoms with Crippen LogP contribution in [0.25, 0.3) is 0 Å². The van der Waals surface area contributed by atoms with E-state index >= 15 is 0 Å². The van der Waals surface area contributed by atoms with Crippen molar-refractivity contribution < 1.29 is 14.3 Å². The molecule has 1 aromatic carbocycles. The van der Waals surface area contributed by atoms with Crippen LogP contribution in [-0.2, 0) is 4.79 Å². The standard InChI is InChI=1S/C23H38N2O3/c1-6-21(26)24-19-13-14-20(28-16-8-7-15-25(3)4)23(27-5)22(19)18-11-9-17(2)10-12-18/h13-14,17-18H,6-12,15-16H2,1-5H3,(H,24,26). The summed E-state index contributed by atoms with van der Waals surface area (Å²) in [6.07, 6.45) is 7.25. The van der Waals surface area contributed by atoms with E-state index in [1.54, 1.807) is 7.11 Å². The summed E-state index contributed by atoms with van der Waals surface area (Å²) in [7, 11) is 5.88. The summed E-state index contributed by atoms with van der Waals surface area (Å²) in [5.74, 6) is 2.78. The van der Waals surface area contributed by atoms with Crippen LogP contribution < -0.4 is 14.8 Å². The van der Waals surface area contributed by atoms with E-state index in [0.29, 0.717) is 18.9 Å². The highest BCUT2D eigenvalue weighted by Crippen LogP contribution is 2.46. The van der Waals surface area contributed by atoms with E-state index in [4.69, 9.17) is 9.47 Å². The number of hydrogen-bond donors (Lipinski definition) is 1. The lowest BCUT2D eigenvalue weighted by Crippen LogP contribution is -2.17. The Morgan fingerprint density at radius 2 is 1.89 bits per heavy atom. The van der Waals surface area contributed by atoms with Crippen molar-refractivity contribution in [3.63, 3.8) is 0 Å². The highest BCUT2D eigenvalue weighted by Gasteiger charge is 2.27. The number of benzene rings is 1. The third-order valence-corrected chi connectivity index (χ3v) is 5.64. The fraction of sp³-hybridized carbons (Fsp3) is 0.696. The lowest BCUT2D eigenvalue weighted by molar-refractivity contribution is -0.115. The second kappa shape index (κ2) is 11.3. The van der Waals surface area contributed by atoms with Crippen LogP contribution in [0.4, 0.5) is 5.69 Å². The van der Waals surface area contributed by atoms with Gasteiger partial charge in [0.25, 0.3) is 0 Å². The maximum Gasteiger partial charge on any atom is 0.224 e. The zero-order valence-electron chi connectivity index (χ0n) is 18.3. The molecule has 0 aromatic heterocycles. The number of unbranched alkanes of at least 4 members (excludes halogenated alkanes) is 1. The van der Waals surface area contributed by atoms with Crippen LogP contribution in [-0.4, -0.2) is 45.2 Å². The van der Waals surface area contributed by atoms with E-state index in [9.17, 15) is 4.79 Å². The van der Waals surface area contributed by atoms with Crippen LogP contribution in [0.15, 0.2) is 12.1 Å². The molecule has 0 radical (unpaired) electrons. The van der Waals surface area contributed by atoms with E-state index in [-0.39, 0.29) is 5.91 Å². The van der Waals surface area contributed by atoms with E-state index < -0.39 is 0 Å². The number of amides is 1. The Balaban J connectivity index is 2.21. The molecule has 1 aliphatic carbocycles.